The van der Waals surface area contributed by atoms with Crippen molar-refractivity contribution in [2.75, 3.05) is 39.5 Å². The quantitative estimate of drug-likeness (QED) is 0.00523. The average molecular weight is 1800 g/mol. The summed E-state index contributed by atoms with van der Waals surface area (Å²) in [5, 5.41) is 46.5. The molecule has 2 aliphatic heterocycles. The van der Waals surface area contributed by atoms with Gasteiger partial charge in [0.05, 0.1) is 18.6 Å². The molecule has 0 radical (unpaired) electrons. The summed E-state index contributed by atoms with van der Waals surface area (Å²) in [6.45, 7) is 10.6. The number of aromatic amines is 1. The van der Waals surface area contributed by atoms with Gasteiger partial charge >= 0.3 is 5.97 Å². The number of likely N-dealkylation sites (tertiary alicyclic amines) is 1. The van der Waals surface area contributed by atoms with Gasteiger partial charge in [0.2, 0.25) is 89.1 Å². The molecule has 2 aliphatic rings. The van der Waals surface area contributed by atoms with E-state index < -0.39 is 257 Å². The Morgan fingerprint density at radius 1 is 0.724 bits per heavy atom. The maximum absolute atomic E-state index is 15.4. The zero-order valence-corrected chi connectivity index (χ0v) is 72.3. The number of aromatic nitrogens is 1. The van der Waals surface area contributed by atoms with E-state index in [1.807, 2.05) is 0 Å². The van der Waals surface area contributed by atoms with Crippen molar-refractivity contribution >= 4 is 144 Å². The molecule has 2 saturated heterocycles. The Bertz CT molecular complexity index is 4640. The molecule has 123 heavy (non-hydrogen) atoms. The van der Waals surface area contributed by atoms with Crippen molar-refractivity contribution in [2.24, 2.45) is 34.5 Å². The zero-order valence-electron chi connectivity index (χ0n) is 69.9. The lowest BCUT2D eigenvalue weighted by Crippen LogP contribution is -2.63. The molecule has 3 heterocycles. The summed E-state index contributed by atoms with van der Waals surface area (Å²) in [6, 6.07) is 1.15. The van der Waals surface area contributed by atoms with E-state index in [-0.39, 0.29) is 45.2 Å². The van der Waals surface area contributed by atoms with Crippen LogP contribution >= 0.6 is 15.9 Å². The molecule has 4 aromatic rings. The van der Waals surface area contributed by atoms with Crippen LogP contribution in [0, 0.1) is 22.7 Å². The summed E-state index contributed by atoms with van der Waals surface area (Å²) in [7, 11) is -3.47. The van der Waals surface area contributed by atoms with Crippen LogP contribution in [0.5, 0.6) is 0 Å². The van der Waals surface area contributed by atoms with Gasteiger partial charge in [0, 0.05) is 86.8 Å². The summed E-state index contributed by atoms with van der Waals surface area (Å²) >= 11 is 3.39. The molecule has 6 rings (SSSR count). The first-order valence-electron chi connectivity index (χ1n) is 39.8. The molecule has 0 spiro atoms. The third-order valence-corrected chi connectivity index (χ3v) is 22.1. The number of benzene rings is 3. The molecule has 15 amide bonds. The number of para-hydroxylation sites is 1. The number of rotatable bonds is 37. The maximum Gasteiger partial charge on any atom is 0.325 e. The minimum Gasteiger partial charge on any atom is -0.459 e. The fourth-order valence-corrected chi connectivity index (χ4v) is 15.0. The van der Waals surface area contributed by atoms with Crippen LogP contribution in [0.1, 0.15) is 123 Å². The van der Waals surface area contributed by atoms with Gasteiger partial charge in [-0.05, 0) is 99.1 Å². The van der Waals surface area contributed by atoms with Crippen LogP contribution in [-0.2, 0) is 116 Å². The number of guanidine groups is 1. The van der Waals surface area contributed by atoms with Gasteiger partial charge in [0.15, 0.2) is 11.7 Å². The van der Waals surface area contributed by atoms with Gasteiger partial charge in [-0.1, -0.05) is 111 Å². The Balaban J connectivity index is 1.36. The van der Waals surface area contributed by atoms with E-state index in [0.717, 1.165) is 32.4 Å². The molecule has 43 heteroatoms. The number of esters is 1. The van der Waals surface area contributed by atoms with Crippen LogP contribution in [-0.4, -0.2) is 269 Å². The number of Topliss-reactive ketones (excluding diaryl/α,β-unsaturated/α-hetero) is 1. The smallest absolute Gasteiger partial charge is 0.325 e. The number of ketones is 1. The van der Waals surface area contributed by atoms with Crippen LogP contribution < -0.4 is 75.7 Å². The highest BCUT2D eigenvalue weighted by Gasteiger charge is 2.46. The normalized spacial score (nSPS) is 20.4. The van der Waals surface area contributed by atoms with Crippen molar-refractivity contribution in [1.82, 2.24) is 78.2 Å². The van der Waals surface area contributed by atoms with Crippen molar-refractivity contribution in [3.05, 3.63) is 106 Å². The Morgan fingerprint density at radius 3 is 1.95 bits per heavy atom. The number of ether oxygens (including phenoxy) is 1. The number of nitrogens with zero attached hydrogens (tertiary/aromatic N) is 3. The minimum absolute atomic E-state index is 0.00392. The SMILES string of the molecule is CC(NC=O)C(=O)NC(Cc1ccc(Br)cc1)C(=O)N1CCCC1C(=O)NC(C(=O)CC(C(=O)NC(Cc1c[nH]c2ccccc12)C(=O)NC(CCCNC(=N)N)C(=O)NC(CS(=O)(=O)O)C(=O)NC1C(=O)N(C)C(CCC(N)=O)C(=O)NC(Cc2ccccc2)C(=O)NC(C(C)O)C(=O)NC(CC(N)=O)C(=O)N(C)CC(=O)OC1C)C(C)(C)C)C(C)C. The van der Waals surface area contributed by atoms with Crippen molar-refractivity contribution in [2.45, 2.75) is 211 Å². The second-order valence-electron chi connectivity index (χ2n) is 31.9. The standard InChI is InChI=1S/C80H112BrN19O22S/c1-41(2)64(95-74(114)59-23-17-31-100(59)77(117)55(92-67(107)42(3)88-40-101)33-46-24-26-48(81)27-25-46)60(103)35-50(80(6,7)8)68(108)90-54(34-47-37-87-51-21-15-14-20-49(47)51)70(110)89-52(22-16-30-86-79(84)85)69(109)94-57(39-123(119,120)121)72(112)97-66-44(5)122-63(106)38-98(9)76(116)56(36-62(83)105)93-75(115)65(43(4)102)96-71(111)53(32-45-18-12-11-13-19-45)91-73(113)58(28-29-61(82)104)99(10)78(66)118/h11-15,18-21,24-27,37,40-44,50,52-59,64-66,87,102H,16-17,22-23,28-36,38-39H2,1-10H3,(H2,82,104)(H2,83,105)(H,88,101)(H,89,110)(H,90,108)(H,91,113)(H,92,107)(H,93,115)(H,94,109)(H,95,114)(H,96,111)(H,97,112)(H4,84,85,86)(H,119,120,121). The Morgan fingerprint density at radius 2 is 1.34 bits per heavy atom. The number of primary amides is 2. The highest BCUT2D eigenvalue weighted by molar-refractivity contribution is 9.10. The van der Waals surface area contributed by atoms with E-state index in [4.69, 9.17) is 27.3 Å². The molecule has 0 bridgehead atoms. The molecule has 672 valence electrons. The predicted molar refractivity (Wildman–Crippen MR) is 447 cm³/mol. The molecule has 0 aliphatic carbocycles. The minimum atomic E-state index is -5.44. The lowest BCUT2D eigenvalue weighted by molar-refractivity contribution is -0.158. The number of hydrogen-bond donors (Lipinski definition) is 18. The van der Waals surface area contributed by atoms with Crippen LogP contribution in [0.25, 0.3) is 10.9 Å². The number of cyclic esters (lactones) is 1. The topological polar surface area (TPSA) is 634 Å². The number of nitrogens with two attached hydrogens (primary N) is 3. The van der Waals surface area contributed by atoms with Crippen LogP contribution in [0.2, 0.25) is 0 Å². The first kappa shape index (κ1) is 99.8. The van der Waals surface area contributed by atoms with Crippen LogP contribution in [0.4, 0.5) is 0 Å². The highest BCUT2D eigenvalue weighted by atomic mass is 79.9. The van der Waals surface area contributed by atoms with Crippen molar-refractivity contribution in [3.63, 3.8) is 0 Å². The molecule has 0 saturated carbocycles. The molecule has 41 nitrogen and oxygen atoms in total. The highest BCUT2D eigenvalue weighted by Crippen LogP contribution is 2.32. The fourth-order valence-electron chi connectivity index (χ4n) is 14.0. The Kier molecular flexibility index (Phi) is 37.1. The van der Waals surface area contributed by atoms with Gasteiger partial charge in [-0.15, -0.1) is 0 Å². The lowest BCUT2D eigenvalue weighted by Gasteiger charge is -2.34. The Labute approximate surface area is 719 Å². The van der Waals surface area contributed by atoms with E-state index in [2.05, 4.69) is 79.4 Å². The van der Waals surface area contributed by atoms with Crippen LogP contribution in [0.3, 0.4) is 0 Å². The number of hydrogen-bond acceptors (Lipinski definition) is 22. The van der Waals surface area contributed by atoms with Gasteiger partial charge in [-0.3, -0.25) is 91.5 Å². The average Bonchev–Trinajstić information content (AvgIpc) is 1.49. The maximum atomic E-state index is 15.4. The number of carbonyl (C=O) groups excluding carboxylic acids is 17. The monoisotopic (exact) mass is 1800 g/mol. The number of amides is 15. The second-order valence-corrected chi connectivity index (χ2v) is 34.4. The summed E-state index contributed by atoms with van der Waals surface area (Å²) in [5.74, 6) is -21.7. The van der Waals surface area contributed by atoms with Gasteiger partial charge in [0.25, 0.3) is 10.1 Å². The fraction of sp³-hybridized carbons (Fsp3) is 0.525. The molecular formula is C80H112BrN19O22S. The molecule has 2 fully saturated rings. The largest absolute Gasteiger partial charge is 0.459 e. The summed E-state index contributed by atoms with van der Waals surface area (Å²) < 4.78 is 43.1. The van der Waals surface area contributed by atoms with Gasteiger partial charge in [0.1, 0.15) is 84.9 Å². The first-order valence-corrected chi connectivity index (χ1v) is 42.2. The molecule has 21 N–H and O–H groups in total. The summed E-state index contributed by atoms with van der Waals surface area (Å²) in [5.41, 5.74) is 17.6. The number of carbonyl (C=O) groups is 17. The molecular weight excluding hydrogens is 1690 g/mol. The summed E-state index contributed by atoms with van der Waals surface area (Å²) in [4.78, 5) is 247. The number of likely N-dealkylation sites (N-methyl/N-ethyl adjacent to an activating group) is 2. The van der Waals surface area contributed by atoms with E-state index in [0.29, 0.717) is 50.2 Å². The van der Waals surface area contributed by atoms with Gasteiger partial charge < -0.3 is 105 Å². The zero-order chi connectivity index (χ0) is 91.7. The van der Waals surface area contributed by atoms with E-state index in [1.165, 1.54) is 11.8 Å². The second kappa shape index (κ2) is 45.8. The van der Waals surface area contributed by atoms with Gasteiger partial charge in [-0.25, -0.2) is 0 Å². The van der Waals surface area contributed by atoms with E-state index in [1.54, 1.807) is 120 Å². The van der Waals surface area contributed by atoms with Crippen LogP contribution in [0.15, 0.2) is 89.5 Å². The predicted octanol–water partition coefficient (Wildman–Crippen LogP) is -3.37. The number of aliphatic hydroxyl groups excluding tert-OH is 1. The Hall–Kier alpha value is -12.0. The molecule has 3 aromatic carbocycles. The van der Waals surface area contributed by atoms with E-state index >= 15 is 24.0 Å². The number of nitrogens with one attached hydrogen (secondary N) is 13. The molecule has 15 atom stereocenters. The number of H-pyrrole nitrogens is 1. The molecule has 15 unspecified atom stereocenters. The molecule has 1 aromatic heterocycles. The number of halogens is 1. The third-order valence-electron chi connectivity index (χ3n) is 20.8. The summed E-state index contributed by atoms with van der Waals surface area (Å²) in [6.07, 6.45) is -5.49. The van der Waals surface area contributed by atoms with E-state index in [9.17, 15) is 75.6 Å². The van der Waals surface area contributed by atoms with Crippen molar-refractivity contribution < 1.29 is 104 Å². The lowest BCUT2D eigenvalue weighted by atomic mass is 9.75. The first-order chi connectivity index (χ1) is 57.7. The van der Waals surface area contributed by atoms with Crippen molar-refractivity contribution in [1.29, 1.82) is 5.41 Å². The van der Waals surface area contributed by atoms with Gasteiger partial charge in [-0.2, -0.15) is 8.42 Å². The van der Waals surface area contributed by atoms with Crippen molar-refractivity contribution in [3.8, 4) is 0 Å². The number of fused-ring (bicyclic) bond motifs is 1. The number of aliphatic hydroxyl groups is 1. The third kappa shape index (κ3) is 30.2.